The van der Waals surface area contributed by atoms with Gasteiger partial charge in [-0.25, -0.2) is 9.97 Å². The molecule has 17 heavy (non-hydrogen) atoms. The number of nitrogens with zero attached hydrogens (tertiary/aromatic N) is 2. The van der Waals surface area contributed by atoms with Crippen LogP contribution in [0.2, 0.25) is 0 Å². The number of aryl methyl sites for hydroxylation is 2. The van der Waals surface area contributed by atoms with Crippen LogP contribution in [0, 0.1) is 19.8 Å². The molecule has 0 spiro atoms. The van der Waals surface area contributed by atoms with E-state index in [-0.39, 0.29) is 0 Å². The Morgan fingerprint density at radius 2 is 2.06 bits per heavy atom. The van der Waals surface area contributed by atoms with Crippen LogP contribution >= 0.6 is 11.6 Å². The molecule has 1 atom stereocenters. The first-order valence-electron chi connectivity index (χ1n) is 6.27. The molecule has 0 aromatic carbocycles. The third-order valence-electron chi connectivity index (χ3n) is 2.75. The number of aromatic nitrogens is 2. The Bertz CT molecular complexity index is 315. The maximum absolute atomic E-state index is 5.81. The minimum absolute atomic E-state index is 0.632. The van der Waals surface area contributed by atoms with E-state index < -0.39 is 0 Å². The molecule has 1 heterocycles. The first-order chi connectivity index (χ1) is 8.15. The van der Waals surface area contributed by atoms with Crippen LogP contribution in [-0.2, 0) is 0 Å². The van der Waals surface area contributed by atoms with Crippen molar-refractivity contribution < 1.29 is 0 Å². The van der Waals surface area contributed by atoms with Gasteiger partial charge in [0.1, 0.15) is 11.6 Å². The molecule has 0 saturated carbocycles. The largest absolute Gasteiger partial charge is 0.370 e. The van der Waals surface area contributed by atoms with E-state index in [0.29, 0.717) is 5.92 Å². The minimum atomic E-state index is 0.632. The molecule has 0 aliphatic heterocycles. The van der Waals surface area contributed by atoms with Crippen LogP contribution in [0.4, 0.5) is 5.82 Å². The predicted molar refractivity (Wildman–Crippen MR) is 73.7 cm³/mol. The van der Waals surface area contributed by atoms with Gasteiger partial charge in [-0.2, -0.15) is 0 Å². The predicted octanol–water partition coefficient (Wildman–Crippen LogP) is 3.55. The van der Waals surface area contributed by atoms with E-state index >= 15 is 0 Å². The van der Waals surface area contributed by atoms with Gasteiger partial charge < -0.3 is 5.32 Å². The fourth-order valence-electron chi connectivity index (χ4n) is 1.97. The van der Waals surface area contributed by atoms with Crippen molar-refractivity contribution in [3.8, 4) is 0 Å². The van der Waals surface area contributed by atoms with Crippen LogP contribution in [0.5, 0.6) is 0 Å². The number of hydrogen-bond donors (Lipinski definition) is 1. The van der Waals surface area contributed by atoms with Crippen LogP contribution in [0.1, 0.15) is 37.7 Å². The van der Waals surface area contributed by atoms with Crippen molar-refractivity contribution in [2.45, 2.75) is 40.0 Å². The Kier molecular flexibility index (Phi) is 6.27. The number of hydrogen-bond acceptors (Lipinski definition) is 3. The zero-order chi connectivity index (χ0) is 12.7. The summed E-state index contributed by atoms with van der Waals surface area (Å²) in [6.07, 6.45) is 3.47. The number of alkyl halides is 1. The molecule has 0 aliphatic rings. The van der Waals surface area contributed by atoms with Gasteiger partial charge in [0.15, 0.2) is 0 Å². The summed E-state index contributed by atoms with van der Waals surface area (Å²) in [5, 5.41) is 3.39. The summed E-state index contributed by atoms with van der Waals surface area (Å²) in [6, 6.07) is 1.98. The van der Waals surface area contributed by atoms with Crippen LogP contribution < -0.4 is 5.32 Å². The Hall–Kier alpha value is -0.830. The molecule has 0 bridgehead atoms. The summed E-state index contributed by atoms with van der Waals surface area (Å²) in [5.74, 6) is 3.10. The summed E-state index contributed by atoms with van der Waals surface area (Å²) in [4.78, 5) is 8.63. The molecule has 96 valence electrons. The summed E-state index contributed by atoms with van der Waals surface area (Å²) >= 11 is 5.81. The van der Waals surface area contributed by atoms with Crippen LogP contribution in [0.3, 0.4) is 0 Å². The summed E-state index contributed by atoms with van der Waals surface area (Å²) in [6.45, 7) is 7.05. The number of nitrogens with one attached hydrogen (secondary N) is 1. The van der Waals surface area contributed by atoms with E-state index in [2.05, 4.69) is 22.2 Å². The first-order valence-corrected chi connectivity index (χ1v) is 6.81. The van der Waals surface area contributed by atoms with Crippen molar-refractivity contribution >= 4 is 17.4 Å². The molecule has 3 nitrogen and oxygen atoms in total. The lowest BCUT2D eigenvalue weighted by Crippen LogP contribution is -2.16. The number of rotatable bonds is 7. The van der Waals surface area contributed by atoms with Crippen LogP contribution in [0.25, 0.3) is 0 Å². The third-order valence-corrected chi connectivity index (χ3v) is 2.97. The standard InChI is InChI=1S/C13H22ClN3/c1-4-5-12(6-7-14)9-15-13-8-10(2)16-11(3)17-13/h8,12H,4-7,9H2,1-3H3,(H,15,16,17). The highest BCUT2D eigenvalue weighted by Crippen LogP contribution is 2.14. The van der Waals surface area contributed by atoms with Crippen molar-refractivity contribution in [1.82, 2.24) is 9.97 Å². The fraction of sp³-hybridized carbons (Fsp3) is 0.692. The molecule has 4 heteroatoms. The molecule has 0 radical (unpaired) electrons. The van der Waals surface area contributed by atoms with E-state index in [4.69, 9.17) is 11.6 Å². The van der Waals surface area contributed by atoms with Crippen LogP contribution in [-0.4, -0.2) is 22.4 Å². The second-order valence-corrected chi connectivity index (χ2v) is 4.83. The molecule has 0 aliphatic carbocycles. The molecule has 1 N–H and O–H groups in total. The van der Waals surface area contributed by atoms with Crippen molar-refractivity contribution in [3.63, 3.8) is 0 Å². The lowest BCUT2D eigenvalue weighted by molar-refractivity contribution is 0.489. The highest BCUT2D eigenvalue weighted by molar-refractivity contribution is 6.17. The topological polar surface area (TPSA) is 37.8 Å². The molecule has 1 unspecified atom stereocenters. The number of anilines is 1. The van der Waals surface area contributed by atoms with E-state index in [1.165, 1.54) is 12.8 Å². The average molecular weight is 256 g/mol. The quantitative estimate of drug-likeness (QED) is 0.758. The zero-order valence-electron chi connectivity index (χ0n) is 11.0. The lowest BCUT2D eigenvalue weighted by atomic mass is 10.0. The van der Waals surface area contributed by atoms with Crippen molar-refractivity contribution in [2.75, 3.05) is 17.7 Å². The number of halogens is 1. The SMILES string of the molecule is CCCC(CCCl)CNc1cc(C)nc(C)n1. The van der Waals surface area contributed by atoms with Gasteiger partial charge in [-0.3, -0.25) is 0 Å². The third kappa shape index (κ3) is 5.35. The second-order valence-electron chi connectivity index (χ2n) is 4.46. The normalized spacial score (nSPS) is 12.5. The van der Waals surface area contributed by atoms with Gasteiger partial charge in [-0.05, 0) is 32.6 Å². The molecule has 1 aromatic heterocycles. The first kappa shape index (κ1) is 14.2. The summed E-state index contributed by atoms with van der Waals surface area (Å²) in [7, 11) is 0. The van der Waals surface area contributed by atoms with Gasteiger partial charge in [0.25, 0.3) is 0 Å². The highest BCUT2D eigenvalue weighted by Gasteiger charge is 2.07. The summed E-state index contributed by atoms with van der Waals surface area (Å²) in [5.41, 5.74) is 1.00. The Labute approximate surface area is 109 Å². The Balaban J connectivity index is 2.52. The van der Waals surface area contributed by atoms with Crippen molar-refractivity contribution in [2.24, 2.45) is 5.92 Å². The molecule has 0 amide bonds. The van der Waals surface area contributed by atoms with E-state index in [0.717, 1.165) is 36.2 Å². The van der Waals surface area contributed by atoms with E-state index in [1.54, 1.807) is 0 Å². The molecule has 1 rings (SSSR count). The van der Waals surface area contributed by atoms with Gasteiger partial charge in [-0.15, -0.1) is 11.6 Å². The maximum atomic E-state index is 5.81. The second kappa shape index (κ2) is 7.49. The smallest absolute Gasteiger partial charge is 0.129 e. The molecule has 1 aromatic rings. The lowest BCUT2D eigenvalue weighted by Gasteiger charge is -2.16. The molecular weight excluding hydrogens is 234 g/mol. The van der Waals surface area contributed by atoms with Crippen LogP contribution in [0.15, 0.2) is 6.07 Å². The van der Waals surface area contributed by atoms with E-state index in [1.807, 2.05) is 19.9 Å². The van der Waals surface area contributed by atoms with Gasteiger partial charge in [0.05, 0.1) is 0 Å². The Morgan fingerprint density at radius 3 is 2.65 bits per heavy atom. The highest BCUT2D eigenvalue weighted by atomic mass is 35.5. The van der Waals surface area contributed by atoms with Gasteiger partial charge >= 0.3 is 0 Å². The summed E-state index contributed by atoms with van der Waals surface area (Å²) < 4.78 is 0. The maximum Gasteiger partial charge on any atom is 0.129 e. The van der Waals surface area contributed by atoms with Crippen molar-refractivity contribution in [3.05, 3.63) is 17.6 Å². The molecular formula is C13H22ClN3. The van der Waals surface area contributed by atoms with Gasteiger partial charge in [-0.1, -0.05) is 13.3 Å². The molecule has 0 fully saturated rings. The van der Waals surface area contributed by atoms with E-state index in [9.17, 15) is 0 Å². The fourth-order valence-corrected chi connectivity index (χ4v) is 2.28. The zero-order valence-corrected chi connectivity index (χ0v) is 11.7. The monoisotopic (exact) mass is 255 g/mol. The Morgan fingerprint density at radius 1 is 1.29 bits per heavy atom. The van der Waals surface area contributed by atoms with Gasteiger partial charge in [0.2, 0.25) is 0 Å². The van der Waals surface area contributed by atoms with Crippen molar-refractivity contribution in [1.29, 1.82) is 0 Å². The molecule has 0 saturated heterocycles. The average Bonchev–Trinajstić information content (AvgIpc) is 2.25. The minimum Gasteiger partial charge on any atom is -0.370 e. The van der Waals surface area contributed by atoms with Gasteiger partial charge in [0, 0.05) is 24.2 Å².